The van der Waals surface area contributed by atoms with E-state index in [0.29, 0.717) is 5.57 Å². The summed E-state index contributed by atoms with van der Waals surface area (Å²) in [7, 11) is 0. The van der Waals surface area contributed by atoms with E-state index >= 15 is 0 Å². The molecule has 0 heterocycles. The lowest BCUT2D eigenvalue weighted by molar-refractivity contribution is 1.39. The first-order chi connectivity index (χ1) is 4.70. The summed E-state index contributed by atoms with van der Waals surface area (Å²) < 4.78 is 0. The minimum atomic E-state index is 0.0367. The van der Waals surface area contributed by atoms with Crippen molar-refractivity contribution in [2.24, 2.45) is 9.98 Å². The van der Waals surface area contributed by atoms with E-state index in [1.165, 1.54) is 6.20 Å². The van der Waals surface area contributed by atoms with Gasteiger partial charge >= 0.3 is 0 Å². The van der Waals surface area contributed by atoms with Gasteiger partial charge in [-0.3, -0.25) is 0 Å². The third kappa shape index (κ3) is 3.81. The molecule has 0 aromatic carbocycles. The molecule has 3 nitrogen and oxygen atoms in total. The molecular weight excluding hydrogens is 150 g/mol. The minimum absolute atomic E-state index is 0.0367. The molecule has 0 aromatic rings. The molecule has 0 spiro atoms. The van der Waals surface area contributed by atoms with E-state index in [1.54, 1.807) is 6.92 Å². The lowest BCUT2D eigenvalue weighted by Crippen LogP contribution is -1.75. The highest BCUT2D eigenvalue weighted by Crippen LogP contribution is 1.92. The molecule has 0 radical (unpaired) electrons. The van der Waals surface area contributed by atoms with Crippen molar-refractivity contribution in [1.82, 2.24) is 0 Å². The molecule has 0 unspecified atom stereocenters. The van der Waals surface area contributed by atoms with Crippen LogP contribution < -0.4 is 0 Å². The monoisotopic (exact) mass is 155 g/mol. The van der Waals surface area contributed by atoms with Crippen molar-refractivity contribution in [2.45, 2.75) is 6.92 Å². The van der Waals surface area contributed by atoms with Gasteiger partial charge in [0.1, 0.15) is 0 Å². The first-order valence-corrected chi connectivity index (χ1v) is 2.85. The van der Waals surface area contributed by atoms with Gasteiger partial charge in [-0.05, 0) is 25.2 Å². The Morgan fingerprint density at radius 3 is 2.80 bits per heavy atom. The minimum Gasteiger partial charge on any atom is -0.235 e. The van der Waals surface area contributed by atoms with E-state index in [4.69, 9.17) is 16.9 Å². The lowest BCUT2D eigenvalue weighted by atomic mass is 10.4. The zero-order chi connectivity index (χ0) is 7.98. The SMILES string of the molecule is C=N/C(Cl)=N\C=C(/C)C#N. The van der Waals surface area contributed by atoms with Gasteiger partial charge in [-0.1, -0.05) is 0 Å². The topological polar surface area (TPSA) is 48.5 Å². The number of allylic oxidation sites excluding steroid dienone is 1. The molecule has 0 bridgehead atoms. The first-order valence-electron chi connectivity index (χ1n) is 2.47. The third-order valence-corrected chi connectivity index (χ3v) is 0.889. The number of aliphatic imine (C=N–C) groups is 2. The second-order valence-electron chi connectivity index (χ2n) is 1.48. The van der Waals surface area contributed by atoms with Gasteiger partial charge in [0.2, 0.25) is 5.29 Å². The van der Waals surface area contributed by atoms with Crippen molar-refractivity contribution in [1.29, 1.82) is 5.26 Å². The molecule has 10 heavy (non-hydrogen) atoms. The maximum atomic E-state index is 8.24. The Morgan fingerprint density at radius 1 is 1.80 bits per heavy atom. The average molecular weight is 156 g/mol. The van der Waals surface area contributed by atoms with Gasteiger partial charge in [0.25, 0.3) is 0 Å². The zero-order valence-electron chi connectivity index (χ0n) is 5.50. The Labute approximate surface area is 64.4 Å². The van der Waals surface area contributed by atoms with E-state index < -0.39 is 0 Å². The van der Waals surface area contributed by atoms with Crippen LogP contribution in [0.2, 0.25) is 0 Å². The Balaban J connectivity index is 4.21. The van der Waals surface area contributed by atoms with Gasteiger partial charge in [0.15, 0.2) is 0 Å². The zero-order valence-corrected chi connectivity index (χ0v) is 6.26. The lowest BCUT2D eigenvalue weighted by Gasteiger charge is -1.81. The van der Waals surface area contributed by atoms with Crippen LogP contribution in [0.3, 0.4) is 0 Å². The molecule has 0 rings (SSSR count). The standard InChI is InChI=1S/C6H6ClN3/c1-5(3-8)4-10-6(7)9-2/h4H,2H2,1H3/b5-4+,10-6-. The molecule has 0 aliphatic heterocycles. The van der Waals surface area contributed by atoms with Crippen LogP contribution in [-0.4, -0.2) is 12.0 Å². The van der Waals surface area contributed by atoms with Crippen LogP contribution in [0.5, 0.6) is 0 Å². The number of hydrogen-bond donors (Lipinski definition) is 0. The highest BCUT2D eigenvalue weighted by molar-refractivity contribution is 6.65. The summed E-state index contributed by atoms with van der Waals surface area (Å²) in [5.74, 6) is 0. The van der Waals surface area contributed by atoms with Crippen LogP contribution in [0.1, 0.15) is 6.92 Å². The van der Waals surface area contributed by atoms with Crippen molar-refractivity contribution in [3.63, 3.8) is 0 Å². The van der Waals surface area contributed by atoms with Crippen molar-refractivity contribution in [2.75, 3.05) is 0 Å². The molecule has 0 saturated heterocycles. The van der Waals surface area contributed by atoms with Crippen LogP contribution in [0.15, 0.2) is 21.8 Å². The van der Waals surface area contributed by atoms with Crippen molar-refractivity contribution in [3.8, 4) is 6.07 Å². The molecule has 0 fully saturated rings. The van der Waals surface area contributed by atoms with E-state index in [1.807, 2.05) is 6.07 Å². The molecule has 4 heteroatoms. The number of rotatable bonds is 1. The molecule has 0 aliphatic rings. The number of amidine groups is 1. The fraction of sp³-hybridized carbons (Fsp3) is 0.167. The molecule has 0 atom stereocenters. The number of nitrogens with zero attached hydrogens (tertiary/aromatic N) is 3. The van der Waals surface area contributed by atoms with E-state index in [2.05, 4.69) is 16.7 Å². The van der Waals surface area contributed by atoms with E-state index in [9.17, 15) is 0 Å². The Morgan fingerprint density at radius 2 is 2.40 bits per heavy atom. The summed E-state index contributed by atoms with van der Waals surface area (Å²) in [6.45, 7) is 4.76. The summed E-state index contributed by atoms with van der Waals surface area (Å²) >= 11 is 5.33. The van der Waals surface area contributed by atoms with Crippen LogP contribution in [0, 0.1) is 11.3 Å². The number of hydrogen-bond acceptors (Lipinski definition) is 2. The van der Waals surface area contributed by atoms with Crippen LogP contribution in [0.25, 0.3) is 0 Å². The van der Waals surface area contributed by atoms with Crippen LogP contribution in [-0.2, 0) is 0 Å². The predicted molar refractivity (Wildman–Crippen MR) is 42.2 cm³/mol. The Hall–Kier alpha value is -1.14. The smallest absolute Gasteiger partial charge is 0.221 e. The molecule has 0 aromatic heterocycles. The molecular formula is C6H6ClN3. The fourth-order valence-electron chi connectivity index (χ4n) is 0.220. The van der Waals surface area contributed by atoms with Crippen molar-refractivity contribution >= 4 is 23.6 Å². The highest BCUT2D eigenvalue weighted by Gasteiger charge is 1.83. The largest absolute Gasteiger partial charge is 0.235 e. The predicted octanol–water partition coefficient (Wildman–Crippen LogP) is 1.71. The normalized spacial score (nSPS) is 12.5. The summed E-state index contributed by atoms with van der Waals surface area (Å²) in [4.78, 5) is 6.89. The van der Waals surface area contributed by atoms with Gasteiger partial charge < -0.3 is 0 Å². The van der Waals surface area contributed by atoms with Gasteiger partial charge in [-0.15, -0.1) is 0 Å². The number of nitriles is 1. The van der Waals surface area contributed by atoms with Crippen molar-refractivity contribution in [3.05, 3.63) is 11.8 Å². The Bertz CT molecular complexity index is 222. The summed E-state index contributed by atoms with van der Waals surface area (Å²) in [5.41, 5.74) is 0.474. The van der Waals surface area contributed by atoms with Crippen LogP contribution >= 0.6 is 11.6 Å². The molecule has 52 valence electrons. The molecule has 0 amide bonds. The molecule has 0 saturated carbocycles. The molecule has 0 aliphatic carbocycles. The van der Waals surface area contributed by atoms with Gasteiger partial charge in [-0.25, -0.2) is 9.98 Å². The second kappa shape index (κ2) is 4.71. The fourth-order valence-corrected chi connectivity index (χ4v) is 0.269. The Kier molecular flexibility index (Phi) is 4.17. The third-order valence-electron chi connectivity index (χ3n) is 0.672. The maximum Gasteiger partial charge on any atom is 0.221 e. The summed E-state index contributed by atoms with van der Waals surface area (Å²) in [6, 6.07) is 1.88. The quantitative estimate of drug-likeness (QED) is 0.246. The molecule has 0 N–H and O–H groups in total. The average Bonchev–Trinajstić information content (AvgIpc) is 1.99. The first kappa shape index (κ1) is 8.86. The highest BCUT2D eigenvalue weighted by atomic mass is 35.5. The van der Waals surface area contributed by atoms with Crippen LogP contribution in [0.4, 0.5) is 0 Å². The van der Waals surface area contributed by atoms with Gasteiger partial charge in [-0.2, -0.15) is 5.26 Å². The van der Waals surface area contributed by atoms with Gasteiger partial charge in [0, 0.05) is 11.8 Å². The summed E-state index contributed by atoms with van der Waals surface area (Å²) in [5, 5.41) is 8.28. The van der Waals surface area contributed by atoms with E-state index in [-0.39, 0.29) is 5.29 Å². The second-order valence-corrected chi connectivity index (χ2v) is 1.82. The number of halogens is 1. The maximum absolute atomic E-state index is 8.24. The van der Waals surface area contributed by atoms with Crippen molar-refractivity contribution < 1.29 is 0 Å². The summed E-state index contributed by atoms with van der Waals surface area (Å²) in [6.07, 6.45) is 1.33. The van der Waals surface area contributed by atoms with E-state index in [0.717, 1.165) is 0 Å². The van der Waals surface area contributed by atoms with Gasteiger partial charge in [0.05, 0.1) is 6.07 Å².